The molecule has 0 aliphatic rings. The van der Waals surface area contributed by atoms with Crippen molar-refractivity contribution in [2.45, 2.75) is 27.7 Å². The van der Waals surface area contributed by atoms with E-state index in [1.807, 2.05) is 6.92 Å². The van der Waals surface area contributed by atoms with E-state index in [0.29, 0.717) is 0 Å². The number of aliphatic hydroxyl groups excluding tert-OH is 1. The van der Waals surface area contributed by atoms with Gasteiger partial charge in [-0.3, -0.25) is 14.4 Å². The van der Waals surface area contributed by atoms with Crippen LogP contribution in [0, 0.1) is 0 Å². The predicted octanol–water partition coefficient (Wildman–Crippen LogP) is 0.347. The second-order valence-electron chi connectivity index (χ2n) is 2.63. The lowest BCUT2D eigenvalue weighted by Gasteiger charge is -1.91. The highest BCUT2D eigenvalue weighted by Gasteiger charge is 1.72. The van der Waals surface area contributed by atoms with Crippen molar-refractivity contribution in [3.63, 3.8) is 0 Å². The van der Waals surface area contributed by atoms with Crippen LogP contribution in [-0.4, -0.2) is 58.0 Å². The third-order valence-corrected chi connectivity index (χ3v) is 0.539. The van der Waals surface area contributed by atoms with E-state index < -0.39 is 17.9 Å². The first-order valence-corrected chi connectivity index (χ1v) is 5.01. The van der Waals surface area contributed by atoms with Gasteiger partial charge in [-0.25, -0.2) is 0 Å². The van der Waals surface area contributed by atoms with Crippen LogP contribution in [0.1, 0.15) is 27.7 Å². The zero-order valence-electron chi connectivity index (χ0n) is 13.3. The van der Waals surface area contributed by atoms with E-state index in [4.69, 9.17) is 34.8 Å². The molecular weight excluding hydrogens is 288 g/mol. The molecule has 0 saturated carbocycles. The van der Waals surface area contributed by atoms with E-state index in [-0.39, 0.29) is 25.1 Å². The number of hydrogen-bond acceptors (Lipinski definition) is 8. The highest BCUT2D eigenvalue weighted by atomic mass is 16.4. The minimum Gasteiger partial charge on any atom is -0.481 e. The summed E-state index contributed by atoms with van der Waals surface area (Å²) in [5, 5.41) is 33.3. The van der Waals surface area contributed by atoms with Gasteiger partial charge >= 0.3 is 0 Å². The van der Waals surface area contributed by atoms with Gasteiger partial charge in [0.1, 0.15) is 0 Å². The average molecular weight is 320 g/mol. The fourth-order valence-electron chi connectivity index (χ4n) is 0.256. The largest absolute Gasteiger partial charge is 0.481 e. The number of hydrogen-bond donors (Lipinski definition) is 8. The van der Waals surface area contributed by atoms with Crippen LogP contribution in [-0.2, 0) is 14.4 Å². The van der Waals surface area contributed by atoms with Gasteiger partial charge in [0.2, 0.25) is 0 Å². The van der Waals surface area contributed by atoms with Crippen LogP contribution >= 0.6 is 0 Å². The van der Waals surface area contributed by atoms with Gasteiger partial charge in [-0.2, -0.15) is 0 Å². The van der Waals surface area contributed by atoms with Crippen LogP contribution in [0.2, 0.25) is 0 Å². The molecule has 0 radical (unpaired) electrons. The van der Waals surface area contributed by atoms with Crippen molar-refractivity contribution >= 4 is 17.9 Å². The Morgan fingerprint density at radius 3 is 1.05 bits per heavy atom. The number of likely N-dealkylation sites (N-methyl/N-ethyl adjacent to an activating group) is 1. The molecule has 14 N–H and O–H groups in total. The Labute approximate surface area is 125 Å². The molecule has 0 bridgehead atoms. The molecule has 0 atom stereocenters. The summed E-state index contributed by atoms with van der Waals surface area (Å²) in [6.07, 6.45) is 0. The highest BCUT2D eigenvalue weighted by Crippen LogP contribution is 1.51. The molecule has 11 nitrogen and oxygen atoms in total. The Balaban J connectivity index is -0.0000000242. The molecule has 0 saturated heterocycles. The second kappa shape index (κ2) is 42.9. The number of carboxylic acids is 3. The van der Waals surface area contributed by atoms with Crippen molar-refractivity contribution in [3.8, 4) is 0 Å². The summed E-state index contributed by atoms with van der Waals surface area (Å²) in [7, 11) is 0. The summed E-state index contributed by atoms with van der Waals surface area (Å²) >= 11 is 0. The van der Waals surface area contributed by atoms with Crippen molar-refractivity contribution in [2.24, 2.45) is 0 Å². The first kappa shape index (κ1) is 42.7. The summed E-state index contributed by atoms with van der Waals surface area (Å²) in [6, 6.07) is 0. The molecule has 0 aliphatic carbocycles. The zero-order chi connectivity index (χ0) is 15.6. The minimum absolute atomic E-state index is 0. The Morgan fingerprint density at radius 2 is 1.00 bits per heavy atom. The Kier molecular flexibility index (Phi) is 87.3. The minimum atomic E-state index is -0.833. The van der Waals surface area contributed by atoms with Crippen molar-refractivity contribution in [1.29, 1.82) is 0 Å². The van der Waals surface area contributed by atoms with E-state index in [9.17, 15) is 0 Å². The Bertz CT molecular complexity index is 171. The van der Waals surface area contributed by atoms with Gasteiger partial charge in [0.05, 0.1) is 6.61 Å². The van der Waals surface area contributed by atoms with Crippen molar-refractivity contribution in [3.05, 3.63) is 0 Å². The molecule has 0 unspecified atom stereocenters. The van der Waals surface area contributed by atoms with E-state index in [1.165, 1.54) is 0 Å². The summed E-state index contributed by atoms with van der Waals surface area (Å²) in [5.74, 6) is -2.50. The van der Waals surface area contributed by atoms with Crippen LogP contribution in [0.4, 0.5) is 0 Å². The first-order valence-electron chi connectivity index (χ1n) is 5.01. The van der Waals surface area contributed by atoms with Crippen molar-refractivity contribution in [1.82, 2.24) is 23.8 Å². The third kappa shape index (κ3) is 3270. The molecule has 0 aromatic carbocycles. The maximum Gasteiger partial charge on any atom is 0.300 e. The topological polar surface area (TPSA) is 249 Å². The molecule has 11 heteroatoms. The van der Waals surface area contributed by atoms with E-state index >= 15 is 0 Å². The fraction of sp³-hybridized carbons (Fsp3) is 0.700. The van der Waals surface area contributed by atoms with Gasteiger partial charge in [0.15, 0.2) is 0 Å². The Morgan fingerprint density at radius 1 is 0.810 bits per heavy atom. The standard InChI is InChI=1S/C4H11NO.3C2H4O2.3H3N/c1-2-5-3-4-6;3*1-2(3)4;;;/h5-6H,2-4H2,1H3;3*1H3,(H,3,4);3*1H3. The van der Waals surface area contributed by atoms with Gasteiger partial charge < -0.3 is 44.2 Å². The second-order valence-corrected chi connectivity index (χ2v) is 2.63. The van der Waals surface area contributed by atoms with Crippen LogP contribution in [0.25, 0.3) is 0 Å². The van der Waals surface area contributed by atoms with Gasteiger partial charge in [-0.15, -0.1) is 0 Å². The van der Waals surface area contributed by atoms with Crippen LogP contribution in [0.15, 0.2) is 0 Å². The molecule has 134 valence electrons. The summed E-state index contributed by atoms with van der Waals surface area (Å²) < 4.78 is 0. The van der Waals surface area contributed by atoms with E-state index in [1.54, 1.807) is 0 Å². The molecule has 0 aromatic heterocycles. The first-order chi connectivity index (χ1) is 8.11. The molecule has 0 amide bonds. The number of nitrogens with one attached hydrogen (secondary N) is 1. The van der Waals surface area contributed by atoms with Crippen molar-refractivity contribution < 1.29 is 34.8 Å². The quantitative estimate of drug-likeness (QED) is 0.329. The molecule has 0 fully saturated rings. The normalized spacial score (nSPS) is 6.14. The summed E-state index contributed by atoms with van der Waals surface area (Å²) in [5.41, 5.74) is 0. The Hall–Kier alpha value is -1.79. The van der Waals surface area contributed by atoms with E-state index in [0.717, 1.165) is 33.9 Å². The monoisotopic (exact) mass is 320 g/mol. The molecular formula is C10H32N4O7. The number of carboxylic acid groups (broad SMARTS) is 3. The van der Waals surface area contributed by atoms with Crippen LogP contribution < -0.4 is 23.8 Å². The lowest BCUT2D eigenvalue weighted by molar-refractivity contribution is -0.135. The number of carbonyl (C=O) groups is 3. The third-order valence-electron chi connectivity index (χ3n) is 0.539. The highest BCUT2D eigenvalue weighted by molar-refractivity contribution is 5.63. The van der Waals surface area contributed by atoms with Gasteiger partial charge in [0, 0.05) is 27.3 Å². The van der Waals surface area contributed by atoms with Crippen LogP contribution in [0.5, 0.6) is 0 Å². The van der Waals surface area contributed by atoms with E-state index in [2.05, 4.69) is 5.32 Å². The van der Waals surface area contributed by atoms with Gasteiger partial charge in [-0.1, -0.05) is 6.92 Å². The molecule has 0 heterocycles. The summed E-state index contributed by atoms with van der Waals surface area (Å²) in [4.78, 5) is 27.0. The summed E-state index contributed by atoms with van der Waals surface area (Å²) in [6.45, 7) is 7.17. The zero-order valence-corrected chi connectivity index (χ0v) is 13.3. The smallest absolute Gasteiger partial charge is 0.300 e. The maximum absolute atomic E-state index is 9.00. The van der Waals surface area contributed by atoms with Gasteiger partial charge in [0.25, 0.3) is 17.9 Å². The lowest BCUT2D eigenvalue weighted by Crippen LogP contribution is -2.16. The molecule has 0 aliphatic heterocycles. The maximum atomic E-state index is 9.00. The number of rotatable bonds is 3. The SMILES string of the molecule is CC(=O)O.CC(=O)O.CC(=O)O.CCNCCO.N.N.N. The average Bonchev–Trinajstić information content (AvgIpc) is 2.11. The predicted molar refractivity (Wildman–Crippen MR) is 80.6 cm³/mol. The molecule has 0 rings (SSSR count). The van der Waals surface area contributed by atoms with Gasteiger partial charge in [-0.05, 0) is 6.54 Å². The lowest BCUT2D eigenvalue weighted by atomic mass is 10.6. The number of aliphatic carboxylic acids is 3. The molecule has 0 spiro atoms. The molecule has 21 heavy (non-hydrogen) atoms. The fourth-order valence-corrected chi connectivity index (χ4v) is 0.256. The molecule has 0 aromatic rings. The number of aliphatic hydroxyl groups is 1. The van der Waals surface area contributed by atoms with Crippen LogP contribution in [0.3, 0.4) is 0 Å². The van der Waals surface area contributed by atoms with Crippen molar-refractivity contribution in [2.75, 3.05) is 19.7 Å².